The zero-order valence-corrected chi connectivity index (χ0v) is 13.2. The Labute approximate surface area is 129 Å². The van der Waals surface area contributed by atoms with E-state index >= 15 is 0 Å². The van der Waals surface area contributed by atoms with Crippen LogP contribution in [0.25, 0.3) is 10.2 Å². The molecule has 0 amide bonds. The van der Waals surface area contributed by atoms with Crippen LogP contribution in [-0.2, 0) is 0 Å². The number of rotatable bonds is 3. The van der Waals surface area contributed by atoms with Gasteiger partial charge in [0.1, 0.15) is 17.0 Å². The lowest BCUT2D eigenvalue weighted by Gasteiger charge is -2.48. The molecule has 6 heteroatoms. The topological polar surface area (TPSA) is 35.5 Å². The molecular weight excluding hydrogens is 282 g/mol. The molecule has 4 heterocycles. The third-order valence-corrected chi connectivity index (χ3v) is 5.59. The normalized spacial score (nSPS) is 21.9. The van der Waals surface area contributed by atoms with Crippen LogP contribution in [0.2, 0.25) is 0 Å². The van der Waals surface area contributed by atoms with Gasteiger partial charge in [-0.1, -0.05) is 6.92 Å². The molecule has 112 valence electrons. The van der Waals surface area contributed by atoms with Gasteiger partial charge in [0.15, 0.2) is 0 Å². The first-order valence-corrected chi connectivity index (χ1v) is 8.62. The Hall–Kier alpha value is -1.24. The molecule has 21 heavy (non-hydrogen) atoms. The number of thiophene rings is 1. The quantitative estimate of drug-likeness (QED) is 0.859. The van der Waals surface area contributed by atoms with Gasteiger partial charge in [-0.05, 0) is 18.0 Å². The van der Waals surface area contributed by atoms with Crippen LogP contribution in [-0.4, -0.2) is 71.6 Å². The summed E-state index contributed by atoms with van der Waals surface area (Å²) < 4.78 is 0. The van der Waals surface area contributed by atoms with Gasteiger partial charge in [0.25, 0.3) is 0 Å². The van der Waals surface area contributed by atoms with Crippen molar-refractivity contribution < 1.29 is 0 Å². The molecule has 0 aromatic carbocycles. The summed E-state index contributed by atoms with van der Waals surface area (Å²) in [5, 5.41) is 3.31. The van der Waals surface area contributed by atoms with E-state index in [2.05, 4.69) is 43.0 Å². The monoisotopic (exact) mass is 303 g/mol. The third-order valence-electron chi connectivity index (χ3n) is 4.77. The zero-order valence-electron chi connectivity index (χ0n) is 12.4. The summed E-state index contributed by atoms with van der Waals surface area (Å²) in [6.45, 7) is 10.5. The van der Waals surface area contributed by atoms with Gasteiger partial charge in [-0.3, -0.25) is 4.90 Å². The predicted octanol–water partition coefficient (Wildman–Crippen LogP) is 1.52. The van der Waals surface area contributed by atoms with Crippen molar-refractivity contribution in [2.75, 3.05) is 50.7 Å². The fourth-order valence-corrected chi connectivity index (χ4v) is 4.06. The second-order valence-corrected chi connectivity index (χ2v) is 6.76. The summed E-state index contributed by atoms with van der Waals surface area (Å²) >= 11 is 1.69. The second kappa shape index (κ2) is 5.51. The van der Waals surface area contributed by atoms with Crippen LogP contribution in [0.3, 0.4) is 0 Å². The predicted molar refractivity (Wildman–Crippen MR) is 87.1 cm³/mol. The van der Waals surface area contributed by atoms with Gasteiger partial charge in [-0.25, -0.2) is 9.97 Å². The molecule has 0 unspecified atom stereocenters. The third kappa shape index (κ3) is 2.41. The Morgan fingerprint density at radius 3 is 2.76 bits per heavy atom. The van der Waals surface area contributed by atoms with Crippen molar-refractivity contribution in [1.82, 2.24) is 19.8 Å². The Morgan fingerprint density at radius 1 is 1.19 bits per heavy atom. The van der Waals surface area contributed by atoms with Crippen LogP contribution in [0.4, 0.5) is 5.82 Å². The molecule has 0 aliphatic carbocycles. The molecule has 5 nitrogen and oxygen atoms in total. The van der Waals surface area contributed by atoms with Crippen LogP contribution < -0.4 is 4.90 Å². The lowest BCUT2D eigenvalue weighted by Crippen LogP contribution is -2.63. The number of hydrogen-bond donors (Lipinski definition) is 0. The van der Waals surface area contributed by atoms with E-state index in [1.807, 2.05) is 0 Å². The van der Waals surface area contributed by atoms with Gasteiger partial charge in [-0.15, -0.1) is 11.3 Å². The average Bonchev–Trinajstić information content (AvgIpc) is 2.96. The molecule has 2 aliphatic heterocycles. The maximum atomic E-state index is 4.50. The van der Waals surface area contributed by atoms with Crippen molar-refractivity contribution >= 4 is 27.4 Å². The summed E-state index contributed by atoms with van der Waals surface area (Å²) in [5.41, 5.74) is 0. The highest BCUT2D eigenvalue weighted by atomic mass is 32.1. The van der Waals surface area contributed by atoms with E-state index in [9.17, 15) is 0 Å². The molecule has 2 aromatic heterocycles. The molecule has 4 rings (SSSR count). The molecule has 0 atom stereocenters. The van der Waals surface area contributed by atoms with Crippen molar-refractivity contribution in [1.29, 1.82) is 0 Å². The first-order valence-electron chi connectivity index (χ1n) is 7.74. The number of aromatic nitrogens is 2. The van der Waals surface area contributed by atoms with Crippen molar-refractivity contribution in [2.24, 2.45) is 0 Å². The summed E-state index contributed by atoms with van der Waals surface area (Å²) in [5.74, 6) is 1.12. The SMILES string of the molecule is CCN1CCN(C2CN(c3ncnc4sccc34)C2)CC1. The van der Waals surface area contributed by atoms with Gasteiger partial charge in [0.05, 0.1) is 5.39 Å². The van der Waals surface area contributed by atoms with E-state index in [0.717, 1.165) is 23.7 Å². The molecule has 0 N–H and O–H groups in total. The molecule has 0 radical (unpaired) electrons. The van der Waals surface area contributed by atoms with Gasteiger partial charge in [0, 0.05) is 45.3 Å². The maximum Gasteiger partial charge on any atom is 0.140 e. The van der Waals surface area contributed by atoms with Crippen LogP contribution in [0.5, 0.6) is 0 Å². The number of nitrogens with zero attached hydrogens (tertiary/aromatic N) is 5. The Balaban J connectivity index is 1.40. The lowest BCUT2D eigenvalue weighted by atomic mass is 10.1. The number of likely N-dealkylation sites (N-methyl/N-ethyl adjacent to an activating group) is 1. The van der Waals surface area contributed by atoms with E-state index in [-0.39, 0.29) is 0 Å². The highest BCUT2D eigenvalue weighted by Crippen LogP contribution is 2.30. The largest absolute Gasteiger partial charge is 0.353 e. The van der Waals surface area contributed by atoms with Crippen LogP contribution in [0, 0.1) is 0 Å². The van der Waals surface area contributed by atoms with Gasteiger partial charge in [-0.2, -0.15) is 0 Å². The second-order valence-electron chi connectivity index (χ2n) is 5.87. The van der Waals surface area contributed by atoms with Crippen LogP contribution in [0.15, 0.2) is 17.8 Å². The summed E-state index contributed by atoms with van der Waals surface area (Å²) in [4.78, 5) is 17.5. The Kier molecular flexibility index (Phi) is 3.52. The molecule has 0 saturated carbocycles. The standard InChI is InChI=1S/C15H21N5S/c1-2-18-4-6-19(7-5-18)12-9-20(10-12)14-13-3-8-21-15(13)17-11-16-14/h3,8,11-12H,2,4-7,9-10H2,1H3. The van der Waals surface area contributed by atoms with E-state index in [4.69, 9.17) is 0 Å². The number of fused-ring (bicyclic) bond motifs is 1. The lowest BCUT2D eigenvalue weighted by molar-refractivity contribution is 0.0860. The average molecular weight is 303 g/mol. The minimum absolute atomic E-state index is 0.702. The molecule has 2 fully saturated rings. The van der Waals surface area contributed by atoms with E-state index in [1.54, 1.807) is 17.7 Å². The molecular formula is C15H21N5S. The fourth-order valence-electron chi connectivity index (χ4n) is 3.33. The van der Waals surface area contributed by atoms with Crippen molar-refractivity contribution in [2.45, 2.75) is 13.0 Å². The minimum atomic E-state index is 0.702. The van der Waals surface area contributed by atoms with Crippen LogP contribution >= 0.6 is 11.3 Å². The van der Waals surface area contributed by atoms with E-state index in [1.165, 1.54) is 38.1 Å². The first kappa shape index (κ1) is 13.4. The number of piperazine rings is 1. The molecule has 2 aliphatic rings. The number of hydrogen-bond acceptors (Lipinski definition) is 6. The summed E-state index contributed by atoms with van der Waals surface area (Å²) in [6, 6.07) is 2.84. The molecule has 2 aromatic rings. The van der Waals surface area contributed by atoms with Crippen molar-refractivity contribution in [3.05, 3.63) is 17.8 Å². The Bertz CT molecular complexity index is 613. The molecule has 0 spiro atoms. The number of anilines is 1. The van der Waals surface area contributed by atoms with Gasteiger partial charge < -0.3 is 9.80 Å². The van der Waals surface area contributed by atoms with Gasteiger partial charge in [0.2, 0.25) is 0 Å². The fraction of sp³-hybridized carbons (Fsp3) is 0.600. The van der Waals surface area contributed by atoms with Crippen LogP contribution in [0.1, 0.15) is 6.92 Å². The maximum absolute atomic E-state index is 4.50. The Morgan fingerprint density at radius 2 is 2.00 bits per heavy atom. The van der Waals surface area contributed by atoms with E-state index in [0.29, 0.717) is 6.04 Å². The van der Waals surface area contributed by atoms with Crippen molar-refractivity contribution in [3.63, 3.8) is 0 Å². The molecule has 0 bridgehead atoms. The molecule has 2 saturated heterocycles. The first-order chi connectivity index (χ1) is 10.3. The van der Waals surface area contributed by atoms with E-state index < -0.39 is 0 Å². The smallest absolute Gasteiger partial charge is 0.140 e. The van der Waals surface area contributed by atoms with Gasteiger partial charge >= 0.3 is 0 Å². The minimum Gasteiger partial charge on any atom is -0.353 e. The summed E-state index contributed by atoms with van der Waals surface area (Å²) in [6.07, 6.45) is 1.70. The van der Waals surface area contributed by atoms with Crippen molar-refractivity contribution in [3.8, 4) is 0 Å². The highest BCUT2D eigenvalue weighted by molar-refractivity contribution is 7.16. The zero-order chi connectivity index (χ0) is 14.2. The summed E-state index contributed by atoms with van der Waals surface area (Å²) in [7, 11) is 0. The highest BCUT2D eigenvalue weighted by Gasteiger charge is 2.34.